The van der Waals surface area contributed by atoms with E-state index in [1.54, 1.807) is 23.1 Å². The lowest BCUT2D eigenvalue weighted by molar-refractivity contribution is -0.140. The molecule has 1 N–H and O–H groups in total. The van der Waals surface area contributed by atoms with Crippen LogP contribution < -0.4 is 14.2 Å². The molecule has 0 radical (unpaired) electrons. The summed E-state index contributed by atoms with van der Waals surface area (Å²) in [6, 6.07) is 11.6. The van der Waals surface area contributed by atoms with E-state index < -0.39 is 17.7 Å². The Morgan fingerprint density at radius 3 is 2.57 bits per heavy atom. The summed E-state index contributed by atoms with van der Waals surface area (Å²) in [5.74, 6) is 0.145. The maximum absolute atomic E-state index is 13.4. The fourth-order valence-electron chi connectivity index (χ4n) is 5.03. The van der Waals surface area contributed by atoms with Gasteiger partial charge in [-0.05, 0) is 49.2 Å². The van der Waals surface area contributed by atoms with E-state index >= 15 is 0 Å². The van der Waals surface area contributed by atoms with Crippen molar-refractivity contribution in [3.05, 3.63) is 59.2 Å². The molecule has 3 aliphatic rings. The molecule has 2 aromatic rings. The van der Waals surface area contributed by atoms with E-state index in [-0.39, 0.29) is 11.3 Å². The number of ether oxygens (including phenoxy) is 4. The van der Waals surface area contributed by atoms with Gasteiger partial charge in [0.2, 0.25) is 0 Å². The predicted molar refractivity (Wildman–Crippen MR) is 136 cm³/mol. The zero-order valence-corrected chi connectivity index (χ0v) is 21.0. The first-order valence-corrected chi connectivity index (χ1v) is 12.8. The van der Waals surface area contributed by atoms with Gasteiger partial charge in [-0.15, -0.1) is 0 Å². The van der Waals surface area contributed by atoms with Crippen molar-refractivity contribution in [1.29, 1.82) is 0 Å². The minimum Gasteiger partial charge on any atom is -0.507 e. The number of rotatable bonds is 8. The standard InChI is InChI=1S/C28H32N2O7/c1-2-35-21-6-3-5-19(17-21)25-24(26(31)20-7-8-22-23(18-20)37-16-15-36-22)27(32)28(33)30(25)10-4-9-29-11-13-34-14-12-29/h3,5-8,17-18,25,31H,2,4,9-16H2,1H3/b26-24+/t25-/m0/s1. The lowest BCUT2D eigenvalue weighted by Crippen LogP contribution is -2.38. The fraction of sp³-hybridized carbons (Fsp3) is 0.429. The third kappa shape index (κ3) is 5.28. The van der Waals surface area contributed by atoms with Crippen LogP contribution in [0.2, 0.25) is 0 Å². The van der Waals surface area contributed by atoms with E-state index in [1.807, 2.05) is 31.2 Å². The number of aliphatic hydroxyl groups excluding tert-OH is 1. The van der Waals surface area contributed by atoms with Crippen LogP contribution in [0, 0.1) is 0 Å². The number of nitrogens with zero attached hydrogens (tertiary/aromatic N) is 2. The number of likely N-dealkylation sites (tertiary alicyclic amines) is 1. The highest BCUT2D eigenvalue weighted by atomic mass is 16.6. The number of aliphatic hydroxyl groups is 1. The summed E-state index contributed by atoms with van der Waals surface area (Å²) in [6.07, 6.45) is 0.693. The molecule has 0 spiro atoms. The zero-order chi connectivity index (χ0) is 25.8. The van der Waals surface area contributed by atoms with Gasteiger partial charge in [0.1, 0.15) is 24.7 Å². The number of carbonyl (C=O) groups excluding carboxylic acids is 2. The molecule has 3 aliphatic heterocycles. The molecule has 2 saturated heterocycles. The second kappa shape index (κ2) is 11.2. The van der Waals surface area contributed by atoms with Crippen molar-refractivity contribution in [3.8, 4) is 17.2 Å². The summed E-state index contributed by atoms with van der Waals surface area (Å²) < 4.78 is 22.3. The summed E-state index contributed by atoms with van der Waals surface area (Å²) >= 11 is 0. The second-order valence-corrected chi connectivity index (χ2v) is 9.16. The summed E-state index contributed by atoms with van der Waals surface area (Å²) in [7, 11) is 0. The number of carbonyl (C=O) groups is 2. The molecule has 196 valence electrons. The molecule has 9 nitrogen and oxygen atoms in total. The van der Waals surface area contributed by atoms with Crippen LogP contribution in [0.5, 0.6) is 17.2 Å². The first-order valence-electron chi connectivity index (χ1n) is 12.8. The van der Waals surface area contributed by atoms with Gasteiger partial charge in [0.25, 0.3) is 11.7 Å². The average Bonchev–Trinajstić information content (AvgIpc) is 3.18. The maximum atomic E-state index is 13.4. The molecule has 1 amide bonds. The smallest absolute Gasteiger partial charge is 0.295 e. The van der Waals surface area contributed by atoms with Crippen molar-refractivity contribution in [2.75, 3.05) is 59.2 Å². The Morgan fingerprint density at radius 1 is 1.00 bits per heavy atom. The number of Topliss-reactive ketones (excluding diaryl/α,β-unsaturated/α-hetero) is 1. The van der Waals surface area contributed by atoms with E-state index in [1.165, 1.54) is 0 Å². The Hall–Kier alpha value is -3.56. The molecule has 0 aliphatic carbocycles. The Balaban J connectivity index is 1.50. The van der Waals surface area contributed by atoms with Gasteiger partial charge < -0.3 is 29.0 Å². The first-order chi connectivity index (χ1) is 18.1. The maximum Gasteiger partial charge on any atom is 0.295 e. The van der Waals surface area contributed by atoms with Crippen LogP contribution in [0.3, 0.4) is 0 Å². The lowest BCUT2D eigenvalue weighted by atomic mass is 9.95. The quantitative estimate of drug-likeness (QED) is 0.330. The molecule has 5 rings (SSSR count). The van der Waals surface area contributed by atoms with Gasteiger partial charge in [0.15, 0.2) is 11.5 Å². The van der Waals surface area contributed by atoms with Crippen LogP contribution in [0.1, 0.15) is 30.5 Å². The Kier molecular flexibility index (Phi) is 7.62. The third-order valence-electron chi connectivity index (χ3n) is 6.82. The highest BCUT2D eigenvalue weighted by molar-refractivity contribution is 6.46. The molecular weight excluding hydrogens is 476 g/mol. The number of amides is 1. The second-order valence-electron chi connectivity index (χ2n) is 9.16. The third-order valence-corrected chi connectivity index (χ3v) is 6.82. The van der Waals surface area contributed by atoms with Crippen molar-refractivity contribution in [2.24, 2.45) is 0 Å². The van der Waals surface area contributed by atoms with Crippen molar-refractivity contribution < 1.29 is 33.6 Å². The van der Waals surface area contributed by atoms with Crippen LogP contribution in [-0.4, -0.2) is 85.8 Å². The molecule has 1 atom stereocenters. The SMILES string of the molecule is CCOc1cccc([C@H]2/C(=C(\O)c3ccc4c(c3)OCCO4)C(=O)C(=O)N2CCCN2CCOCC2)c1. The van der Waals surface area contributed by atoms with E-state index in [0.29, 0.717) is 74.4 Å². The molecule has 0 aromatic heterocycles. The van der Waals surface area contributed by atoms with Crippen LogP contribution >= 0.6 is 0 Å². The van der Waals surface area contributed by atoms with Gasteiger partial charge in [-0.3, -0.25) is 14.5 Å². The Bertz CT molecular complexity index is 1190. The first kappa shape index (κ1) is 25.1. The van der Waals surface area contributed by atoms with Crippen LogP contribution in [0.25, 0.3) is 5.76 Å². The van der Waals surface area contributed by atoms with Gasteiger partial charge in [-0.1, -0.05) is 12.1 Å². The Morgan fingerprint density at radius 2 is 1.78 bits per heavy atom. The largest absolute Gasteiger partial charge is 0.507 e. The number of fused-ring (bicyclic) bond motifs is 1. The highest BCUT2D eigenvalue weighted by Crippen LogP contribution is 2.41. The molecular formula is C28H32N2O7. The molecule has 3 heterocycles. The van der Waals surface area contributed by atoms with Gasteiger partial charge in [-0.25, -0.2) is 0 Å². The van der Waals surface area contributed by atoms with Crippen molar-refractivity contribution >= 4 is 17.4 Å². The van der Waals surface area contributed by atoms with Crippen molar-refractivity contribution in [2.45, 2.75) is 19.4 Å². The summed E-state index contributed by atoms with van der Waals surface area (Å²) in [6.45, 7) is 7.50. The summed E-state index contributed by atoms with van der Waals surface area (Å²) in [5, 5.41) is 11.4. The number of hydrogen-bond acceptors (Lipinski definition) is 8. The van der Waals surface area contributed by atoms with Gasteiger partial charge >= 0.3 is 0 Å². The van der Waals surface area contributed by atoms with E-state index in [4.69, 9.17) is 18.9 Å². The lowest BCUT2D eigenvalue weighted by Gasteiger charge is -2.29. The molecule has 0 unspecified atom stereocenters. The highest BCUT2D eigenvalue weighted by Gasteiger charge is 2.46. The monoisotopic (exact) mass is 508 g/mol. The molecule has 37 heavy (non-hydrogen) atoms. The van der Waals surface area contributed by atoms with Gasteiger partial charge in [0, 0.05) is 31.7 Å². The topological polar surface area (TPSA) is 97.8 Å². The van der Waals surface area contributed by atoms with E-state index in [2.05, 4.69) is 4.90 Å². The normalized spacial score (nSPS) is 21.3. The fourth-order valence-corrected chi connectivity index (χ4v) is 5.03. The summed E-state index contributed by atoms with van der Waals surface area (Å²) in [5.41, 5.74) is 1.15. The van der Waals surface area contributed by atoms with Gasteiger partial charge in [0.05, 0.1) is 31.4 Å². The van der Waals surface area contributed by atoms with Crippen LogP contribution in [0.4, 0.5) is 0 Å². The molecule has 9 heteroatoms. The Labute approximate surface area is 216 Å². The van der Waals surface area contributed by atoms with E-state index in [0.717, 1.165) is 19.6 Å². The number of hydrogen-bond donors (Lipinski definition) is 1. The predicted octanol–water partition coefficient (Wildman–Crippen LogP) is 3.00. The van der Waals surface area contributed by atoms with E-state index in [9.17, 15) is 14.7 Å². The average molecular weight is 509 g/mol. The number of morpholine rings is 1. The van der Waals surface area contributed by atoms with Crippen LogP contribution in [-0.2, 0) is 14.3 Å². The molecule has 0 bridgehead atoms. The van der Waals surface area contributed by atoms with Crippen LogP contribution in [0.15, 0.2) is 48.0 Å². The number of ketones is 1. The molecule has 0 saturated carbocycles. The molecule has 2 aromatic carbocycles. The number of benzene rings is 2. The summed E-state index contributed by atoms with van der Waals surface area (Å²) in [4.78, 5) is 30.5. The minimum absolute atomic E-state index is 0.0571. The minimum atomic E-state index is -0.738. The van der Waals surface area contributed by atoms with Gasteiger partial charge in [-0.2, -0.15) is 0 Å². The molecule has 2 fully saturated rings. The zero-order valence-electron chi connectivity index (χ0n) is 21.0. The van der Waals surface area contributed by atoms with Crippen molar-refractivity contribution in [3.63, 3.8) is 0 Å². The van der Waals surface area contributed by atoms with Crippen molar-refractivity contribution in [1.82, 2.24) is 9.80 Å².